The second-order valence-electron chi connectivity index (χ2n) is 8.31. The van der Waals surface area contributed by atoms with Crippen molar-refractivity contribution in [3.8, 4) is 5.75 Å². The summed E-state index contributed by atoms with van der Waals surface area (Å²) < 4.78 is 16.5. The summed E-state index contributed by atoms with van der Waals surface area (Å²) in [5, 5.41) is 0. The first-order chi connectivity index (χ1) is 15.7. The molecule has 0 saturated carbocycles. The monoisotopic (exact) mass is 454 g/mol. The van der Waals surface area contributed by atoms with E-state index in [1.807, 2.05) is 0 Å². The van der Waals surface area contributed by atoms with E-state index in [9.17, 15) is 19.2 Å². The van der Waals surface area contributed by atoms with Crippen LogP contribution in [-0.2, 0) is 19.1 Å². The summed E-state index contributed by atoms with van der Waals surface area (Å²) in [5.74, 6) is -1.43. The molecule has 33 heavy (non-hydrogen) atoms. The van der Waals surface area contributed by atoms with Crippen molar-refractivity contribution in [2.75, 3.05) is 20.3 Å². The number of ether oxygens (including phenoxy) is 3. The highest BCUT2D eigenvalue weighted by molar-refractivity contribution is 6.25. The van der Waals surface area contributed by atoms with Crippen molar-refractivity contribution in [1.29, 1.82) is 0 Å². The van der Waals surface area contributed by atoms with Crippen molar-refractivity contribution in [3.05, 3.63) is 52.9 Å². The lowest BCUT2D eigenvalue weighted by Gasteiger charge is -2.40. The third kappa shape index (κ3) is 2.72. The average molecular weight is 454 g/mol. The number of ketones is 2. The molecule has 0 bridgehead atoms. The maximum atomic E-state index is 13.1. The Morgan fingerprint density at radius 2 is 1.88 bits per heavy atom. The van der Waals surface area contributed by atoms with Gasteiger partial charge in [-0.2, -0.15) is 0 Å². The second kappa shape index (κ2) is 7.07. The highest BCUT2D eigenvalue weighted by Crippen LogP contribution is 2.59. The highest BCUT2D eigenvalue weighted by atomic mass is 16.6. The zero-order valence-electron chi connectivity index (χ0n) is 17.9. The second-order valence-corrected chi connectivity index (χ2v) is 8.31. The van der Waals surface area contributed by atoms with E-state index >= 15 is 0 Å². The molecule has 2 amide bonds. The quantitative estimate of drug-likeness (QED) is 0.481. The molecule has 1 aromatic carbocycles. The lowest BCUT2D eigenvalue weighted by Crippen LogP contribution is -2.56. The normalized spacial score (nSPS) is 29.7. The zero-order valence-corrected chi connectivity index (χ0v) is 17.9. The number of nitrogens with zero attached hydrogens (tertiary/aromatic N) is 2. The van der Waals surface area contributed by atoms with Crippen LogP contribution in [0.15, 0.2) is 52.9 Å². The molecule has 11 nitrogen and oxygen atoms in total. The number of fused-ring (bicyclic) bond motifs is 4. The van der Waals surface area contributed by atoms with Crippen LogP contribution in [-0.4, -0.2) is 71.6 Å². The minimum absolute atomic E-state index is 0.105. The first-order valence-corrected chi connectivity index (χ1v) is 10.3. The molecule has 172 valence electrons. The van der Waals surface area contributed by atoms with Crippen LogP contribution in [0.3, 0.4) is 0 Å². The Kier molecular flexibility index (Phi) is 4.50. The van der Waals surface area contributed by atoms with Crippen LogP contribution in [0, 0.1) is 5.92 Å². The molecule has 1 aromatic rings. The molecule has 0 aromatic heterocycles. The fourth-order valence-electron chi connectivity index (χ4n) is 5.37. The summed E-state index contributed by atoms with van der Waals surface area (Å²) in [4.78, 5) is 53.8. The number of carbonyl (C=O) groups excluding carboxylic acids is 4. The lowest BCUT2D eigenvalue weighted by atomic mass is 9.82. The Labute approximate surface area is 188 Å². The minimum Gasteiger partial charge on any atom is -0.449 e. The molecule has 2 saturated heterocycles. The van der Waals surface area contributed by atoms with E-state index in [2.05, 4.69) is 0 Å². The van der Waals surface area contributed by atoms with Gasteiger partial charge in [-0.1, -0.05) is 18.2 Å². The number of allylic oxidation sites excluding steroid dienone is 2. The van der Waals surface area contributed by atoms with Gasteiger partial charge in [-0.15, -0.1) is 0 Å². The number of amides is 2. The van der Waals surface area contributed by atoms with Gasteiger partial charge in [-0.05, 0) is 19.1 Å². The summed E-state index contributed by atoms with van der Waals surface area (Å²) >= 11 is 0. The Morgan fingerprint density at radius 3 is 2.52 bits per heavy atom. The first kappa shape index (κ1) is 21.0. The van der Waals surface area contributed by atoms with E-state index in [-0.39, 0.29) is 41.7 Å². The molecule has 11 heteroatoms. The number of para-hydroxylation sites is 1. The van der Waals surface area contributed by atoms with E-state index in [1.165, 1.54) is 18.9 Å². The minimum atomic E-state index is -1.32. The number of methoxy groups -OCH3 is 1. The van der Waals surface area contributed by atoms with Crippen molar-refractivity contribution in [2.24, 2.45) is 17.4 Å². The molecular weight excluding hydrogens is 432 g/mol. The summed E-state index contributed by atoms with van der Waals surface area (Å²) in [7, 11) is 1.42. The zero-order chi connectivity index (χ0) is 23.7. The maximum Gasteiger partial charge on any atom is 0.416 e. The van der Waals surface area contributed by atoms with E-state index in [4.69, 9.17) is 25.7 Å². The van der Waals surface area contributed by atoms with Crippen LogP contribution in [0.2, 0.25) is 0 Å². The van der Waals surface area contributed by atoms with Crippen molar-refractivity contribution in [2.45, 2.75) is 24.7 Å². The predicted molar refractivity (Wildman–Crippen MR) is 111 cm³/mol. The topological polar surface area (TPSA) is 154 Å². The van der Waals surface area contributed by atoms with Gasteiger partial charge in [0.05, 0.1) is 23.4 Å². The molecule has 3 aliphatic heterocycles. The van der Waals surface area contributed by atoms with Gasteiger partial charge in [-0.25, -0.2) is 9.59 Å². The van der Waals surface area contributed by atoms with Gasteiger partial charge in [0.15, 0.2) is 5.72 Å². The van der Waals surface area contributed by atoms with Crippen LogP contribution in [0.1, 0.15) is 6.92 Å². The third-order valence-electron chi connectivity index (χ3n) is 6.85. The van der Waals surface area contributed by atoms with Crippen molar-refractivity contribution in [3.63, 3.8) is 0 Å². The van der Waals surface area contributed by atoms with Gasteiger partial charge in [0.1, 0.15) is 18.4 Å². The van der Waals surface area contributed by atoms with Gasteiger partial charge in [0, 0.05) is 24.8 Å². The van der Waals surface area contributed by atoms with Gasteiger partial charge in [0.2, 0.25) is 11.6 Å². The summed E-state index contributed by atoms with van der Waals surface area (Å²) in [6.07, 6.45) is -1.62. The number of benzene rings is 1. The number of Topliss-reactive ketones (excluding diaryl/α,β-unsaturated/α-hetero) is 2. The van der Waals surface area contributed by atoms with Crippen LogP contribution < -0.4 is 16.2 Å². The Bertz CT molecular complexity index is 1160. The maximum absolute atomic E-state index is 13.1. The van der Waals surface area contributed by atoms with Crippen LogP contribution >= 0.6 is 0 Å². The Balaban J connectivity index is 1.51. The average Bonchev–Trinajstić information content (AvgIpc) is 3.31. The molecule has 0 spiro atoms. The summed E-state index contributed by atoms with van der Waals surface area (Å²) in [6.45, 7) is 1.40. The first-order valence-electron chi connectivity index (χ1n) is 10.3. The van der Waals surface area contributed by atoms with Gasteiger partial charge in [-0.3, -0.25) is 14.5 Å². The van der Waals surface area contributed by atoms with Crippen LogP contribution in [0.4, 0.5) is 9.59 Å². The summed E-state index contributed by atoms with van der Waals surface area (Å²) in [6, 6.07) is 7.73. The number of carbonyl (C=O) groups is 4. The van der Waals surface area contributed by atoms with Gasteiger partial charge >= 0.3 is 12.2 Å². The fraction of sp³-hybridized carbons (Fsp3) is 0.364. The molecule has 5 rings (SSSR count). The van der Waals surface area contributed by atoms with Crippen LogP contribution in [0.25, 0.3) is 0 Å². The molecular formula is C22H22N4O7. The third-order valence-corrected chi connectivity index (χ3v) is 6.85. The highest BCUT2D eigenvalue weighted by Gasteiger charge is 2.78. The number of hydrogen-bond donors (Lipinski definition) is 2. The molecule has 1 aliphatic carbocycles. The predicted octanol–water partition coefficient (Wildman–Crippen LogP) is 0.260. The smallest absolute Gasteiger partial charge is 0.416 e. The van der Waals surface area contributed by atoms with Crippen molar-refractivity contribution < 1.29 is 33.4 Å². The molecule has 0 radical (unpaired) electrons. The number of hydrogen-bond acceptors (Lipinski definition) is 9. The van der Waals surface area contributed by atoms with E-state index in [1.54, 1.807) is 35.2 Å². The summed E-state index contributed by atoms with van der Waals surface area (Å²) in [5.41, 5.74) is 10.0. The Morgan fingerprint density at radius 1 is 1.18 bits per heavy atom. The number of primary amides is 1. The molecule has 4 aliphatic rings. The van der Waals surface area contributed by atoms with E-state index in [0.29, 0.717) is 5.75 Å². The van der Waals surface area contributed by atoms with Crippen molar-refractivity contribution >= 4 is 23.8 Å². The number of rotatable bonds is 4. The van der Waals surface area contributed by atoms with Gasteiger partial charge < -0.3 is 30.6 Å². The number of piperazine rings is 1. The molecule has 0 unspecified atom stereocenters. The SMILES string of the molecule is CO[C@@]12[C@H](COC(N)=O)C3=C(C(=O)C(C)=C(N)C3=O)N1C[C@H]1[C@H]2N1C(=O)Oc1ccccc1. The van der Waals surface area contributed by atoms with Crippen LogP contribution in [0.5, 0.6) is 5.75 Å². The number of nitrogens with two attached hydrogens (primary N) is 2. The van der Waals surface area contributed by atoms with Crippen molar-refractivity contribution in [1.82, 2.24) is 9.80 Å². The largest absolute Gasteiger partial charge is 0.449 e. The molecule has 3 heterocycles. The van der Waals surface area contributed by atoms with E-state index < -0.39 is 41.4 Å². The molecule has 4 atom stereocenters. The standard InChI is InChI=1S/C22H22N4O7/c1-10-15(23)18(28)14-12(9-32-20(24)29)22(31-2)19-13(8-25(22)16(14)17(10)27)26(19)21(30)33-11-6-4-3-5-7-11/h3-7,12-13,19H,8-9,23H2,1-2H3,(H2,24,29)/t12-,13+,19-,22-,26?/m1/s1. The Hall–Kier alpha value is -3.86. The lowest BCUT2D eigenvalue weighted by molar-refractivity contribution is -0.143. The van der Waals surface area contributed by atoms with E-state index in [0.717, 1.165) is 0 Å². The molecule has 2 fully saturated rings. The molecule has 4 N–H and O–H groups in total. The fourth-order valence-corrected chi connectivity index (χ4v) is 5.37. The van der Waals surface area contributed by atoms with Gasteiger partial charge in [0.25, 0.3) is 0 Å².